The van der Waals surface area contributed by atoms with Crippen molar-refractivity contribution in [3.8, 4) is 16.9 Å². The van der Waals surface area contributed by atoms with Gasteiger partial charge in [-0.1, -0.05) is 29.3 Å². The van der Waals surface area contributed by atoms with E-state index in [9.17, 15) is 14.7 Å². The first-order valence-corrected chi connectivity index (χ1v) is 17.9. The van der Waals surface area contributed by atoms with E-state index in [1.165, 1.54) is 6.20 Å². The molecule has 0 aliphatic carbocycles. The highest BCUT2D eigenvalue weighted by atomic mass is 35.5. The smallest absolute Gasteiger partial charge is 0.337 e. The van der Waals surface area contributed by atoms with Crippen LogP contribution in [0.5, 0.6) is 5.75 Å². The minimum Gasteiger partial charge on any atom is -0.494 e. The molecule has 10 nitrogen and oxygen atoms in total. The highest BCUT2D eigenvalue weighted by molar-refractivity contribution is 6.35. The number of carbonyl (C=O) groups is 3. The lowest BCUT2D eigenvalue weighted by Gasteiger charge is -2.35. The van der Waals surface area contributed by atoms with E-state index in [1.54, 1.807) is 28.6 Å². The molecule has 0 radical (unpaired) electrons. The van der Waals surface area contributed by atoms with E-state index in [-0.39, 0.29) is 29.6 Å². The molecule has 1 N–H and O–H groups in total. The number of aryl methyl sites for hydroxylation is 6. The molecule has 3 aromatic heterocycles. The SMILES string of the molecule is Cc1cc(OCCCc2c3n(c4c(-c5c(C)nn(C)c5C)c(Cl)ccc24)[C@H](C)CN(c2cc(C=O)cc4c(C(=O)O)cn(C)c24)C3=O)cc(C)c1Cl. The van der Waals surface area contributed by atoms with Crippen molar-refractivity contribution in [2.24, 2.45) is 14.1 Å². The Hall–Kier alpha value is -5.06. The molecule has 0 saturated carbocycles. The Morgan fingerprint density at radius 2 is 1.73 bits per heavy atom. The summed E-state index contributed by atoms with van der Waals surface area (Å²) < 4.78 is 11.8. The maximum Gasteiger partial charge on any atom is 0.337 e. The Morgan fingerprint density at radius 3 is 2.37 bits per heavy atom. The van der Waals surface area contributed by atoms with E-state index < -0.39 is 5.97 Å². The summed E-state index contributed by atoms with van der Waals surface area (Å²) in [5.74, 6) is -0.631. The molecule has 1 amide bonds. The Kier molecular flexibility index (Phi) is 8.95. The van der Waals surface area contributed by atoms with Gasteiger partial charge in [0, 0.05) is 71.1 Å². The molecule has 4 heterocycles. The van der Waals surface area contributed by atoms with Gasteiger partial charge in [-0.25, -0.2) is 4.79 Å². The molecule has 0 bridgehead atoms. The molecule has 1 aliphatic rings. The maximum absolute atomic E-state index is 15.1. The summed E-state index contributed by atoms with van der Waals surface area (Å²) in [4.78, 5) is 41.1. The quantitative estimate of drug-likeness (QED) is 0.117. The zero-order valence-electron chi connectivity index (χ0n) is 30.1. The molecule has 6 aromatic rings. The second-order valence-electron chi connectivity index (χ2n) is 13.8. The minimum absolute atomic E-state index is 0.0577. The topological polar surface area (TPSA) is 112 Å². The van der Waals surface area contributed by atoms with Crippen molar-refractivity contribution in [3.05, 3.63) is 97.5 Å². The van der Waals surface area contributed by atoms with Crippen LogP contribution in [0.25, 0.3) is 32.9 Å². The van der Waals surface area contributed by atoms with Crippen LogP contribution in [0.1, 0.15) is 78.7 Å². The van der Waals surface area contributed by atoms with Crippen molar-refractivity contribution >= 4 is 68.9 Å². The molecule has 0 spiro atoms. The summed E-state index contributed by atoms with van der Waals surface area (Å²) in [5, 5.41) is 17.3. The molecule has 1 aliphatic heterocycles. The predicted octanol–water partition coefficient (Wildman–Crippen LogP) is 8.82. The highest BCUT2D eigenvalue weighted by Gasteiger charge is 2.38. The van der Waals surface area contributed by atoms with Gasteiger partial charge in [0.05, 0.1) is 39.6 Å². The van der Waals surface area contributed by atoms with Crippen LogP contribution in [0.4, 0.5) is 5.69 Å². The van der Waals surface area contributed by atoms with Gasteiger partial charge < -0.3 is 23.9 Å². The number of aldehydes is 1. The summed E-state index contributed by atoms with van der Waals surface area (Å²) in [6.07, 6.45) is 3.34. The third kappa shape index (κ3) is 5.56. The number of carboxylic acid groups (broad SMARTS) is 1. The number of carboxylic acids is 1. The van der Waals surface area contributed by atoms with Gasteiger partial charge in [0.2, 0.25) is 0 Å². The van der Waals surface area contributed by atoms with Crippen LogP contribution in [0, 0.1) is 27.7 Å². The molecule has 0 fully saturated rings. The van der Waals surface area contributed by atoms with Gasteiger partial charge in [0.15, 0.2) is 0 Å². The number of rotatable bonds is 9. The number of ether oxygens (including phenoxy) is 1. The Balaban J connectivity index is 1.41. The van der Waals surface area contributed by atoms with Crippen LogP contribution in [-0.2, 0) is 20.5 Å². The Labute approximate surface area is 311 Å². The highest BCUT2D eigenvalue weighted by Crippen LogP contribution is 2.46. The Morgan fingerprint density at radius 1 is 1.02 bits per heavy atom. The van der Waals surface area contributed by atoms with E-state index >= 15 is 4.79 Å². The zero-order valence-corrected chi connectivity index (χ0v) is 31.6. The monoisotopic (exact) mass is 739 g/mol. The lowest BCUT2D eigenvalue weighted by atomic mass is 9.98. The van der Waals surface area contributed by atoms with Crippen molar-refractivity contribution in [3.63, 3.8) is 0 Å². The average Bonchev–Trinajstić information content (AvgIpc) is 3.71. The molecular formula is C40H39Cl2N5O5. The molecule has 3 aromatic carbocycles. The van der Waals surface area contributed by atoms with Crippen LogP contribution < -0.4 is 9.64 Å². The van der Waals surface area contributed by atoms with Crippen molar-refractivity contribution < 1.29 is 24.2 Å². The molecule has 0 unspecified atom stereocenters. The van der Waals surface area contributed by atoms with Crippen molar-refractivity contribution in [1.82, 2.24) is 18.9 Å². The number of aromatic nitrogens is 4. The number of anilines is 1. The number of fused-ring (bicyclic) bond motifs is 4. The summed E-state index contributed by atoms with van der Waals surface area (Å²) in [6, 6.07) is 10.7. The van der Waals surface area contributed by atoms with Gasteiger partial charge >= 0.3 is 5.97 Å². The molecule has 268 valence electrons. The number of nitrogens with zero attached hydrogens (tertiary/aromatic N) is 5. The normalized spacial score (nSPS) is 14.4. The fraction of sp³-hybridized carbons (Fsp3) is 0.300. The van der Waals surface area contributed by atoms with Gasteiger partial charge in [-0.15, -0.1) is 0 Å². The van der Waals surface area contributed by atoms with Gasteiger partial charge in [-0.3, -0.25) is 14.3 Å². The maximum atomic E-state index is 15.1. The number of halogens is 2. The van der Waals surface area contributed by atoms with Crippen molar-refractivity contribution in [2.45, 2.75) is 53.5 Å². The number of aromatic carboxylic acids is 1. The molecular weight excluding hydrogens is 701 g/mol. The van der Waals surface area contributed by atoms with E-state index in [1.807, 2.05) is 63.7 Å². The fourth-order valence-corrected chi connectivity index (χ4v) is 8.28. The lowest BCUT2D eigenvalue weighted by molar-refractivity contribution is 0.0698. The predicted molar refractivity (Wildman–Crippen MR) is 205 cm³/mol. The van der Waals surface area contributed by atoms with E-state index in [2.05, 4.69) is 11.5 Å². The van der Waals surface area contributed by atoms with E-state index in [0.717, 1.165) is 60.9 Å². The molecule has 0 saturated heterocycles. The first kappa shape index (κ1) is 35.3. The molecule has 12 heteroatoms. The number of carbonyl (C=O) groups excluding carboxylic acids is 2. The summed E-state index contributed by atoms with van der Waals surface area (Å²) in [5.41, 5.74) is 9.03. The molecule has 1 atom stereocenters. The number of amides is 1. The number of hydrogen-bond acceptors (Lipinski definition) is 5. The molecule has 52 heavy (non-hydrogen) atoms. The first-order chi connectivity index (χ1) is 24.7. The fourth-order valence-electron chi connectivity index (χ4n) is 7.93. The second-order valence-corrected chi connectivity index (χ2v) is 14.6. The van der Waals surface area contributed by atoms with Crippen LogP contribution in [0.3, 0.4) is 0 Å². The lowest BCUT2D eigenvalue weighted by Crippen LogP contribution is -2.43. The van der Waals surface area contributed by atoms with Crippen LogP contribution in [0.2, 0.25) is 10.0 Å². The van der Waals surface area contributed by atoms with Gasteiger partial charge in [0.25, 0.3) is 5.91 Å². The van der Waals surface area contributed by atoms with Crippen molar-refractivity contribution in [1.29, 1.82) is 0 Å². The first-order valence-electron chi connectivity index (χ1n) is 17.1. The third-order valence-electron chi connectivity index (χ3n) is 10.3. The van der Waals surface area contributed by atoms with Crippen LogP contribution in [0.15, 0.2) is 42.6 Å². The van der Waals surface area contributed by atoms with Crippen LogP contribution in [-0.4, -0.2) is 55.3 Å². The molecule has 7 rings (SSSR count). The van der Waals surface area contributed by atoms with Crippen molar-refractivity contribution in [2.75, 3.05) is 18.1 Å². The van der Waals surface area contributed by atoms with Gasteiger partial charge in [-0.05, 0) is 94.5 Å². The number of hydrogen-bond donors (Lipinski definition) is 1. The largest absolute Gasteiger partial charge is 0.494 e. The summed E-state index contributed by atoms with van der Waals surface area (Å²) in [7, 11) is 3.65. The van der Waals surface area contributed by atoms with E-state index in [0.29, 0.717) is 53.0 Å². The van der Waals surface area contributed by atoms with Gasteiger partial charge in [-0.2, -0.15) is 5.10 Å². The summed E-state index contributed by atoms with van der Waals surface area (Å²) in [6.45, 7) is 10.6. The second kappa shape index (κ2) is 13.2. The standard InChI is InChI=1S/C40H39Cl2N5O5/c1-20-13-26(14-21(2)35(20)42)52-12-8-9-27-28-10-11-31(41)34(33-23(4)43-45(7)24(33)5)37(28)47-22(3)17-46(39(49)38(27)47)32-16-25(19-48)15-29-30(40(50)51)18-44(6)36(29)32/h10-11,13-16,18-19,22H,8-9,12,17H2,1-7H3,(H,50,51)/t22-/m1/s1. The number of benzene rings is 3. The minimum atomic E-state index is -1.11. The van der Waals surface area contributed by atoms with Gasteiger partial charge in [0.1, 0.15) is 17.7 Å². The summed E-state index contributed by atoms with van der Waals surface area (Å²) >= 11 is 13.5. The average molecular weight is 741 g/mol. The third-order valence-corrected chi connectivity index (χ3v) is 11.2. The van der Waals surface area contributed by atoms with Crippen LogP contribution >= 0.6 is 23.2 Å². The zero-order chi connectivity index (χ0) is 37.3. The Bertz CT molecular complexity index is 2470. The van der Waals surface area contributed by atoms with E-state index in [4.69, 9.17) is 33.0 Å².